The Morgan fingerprint density at radius 1 is 1.06 bits per heavy atom. The predicted octanol–water partition coefficient (Wildman–Crippen LogP) is 3.20. The zero-order valence-corrected chi connectivity index (χ0v) is 8.82. The van der Waals surface area contributed by atoms with Gasteiger partial charge in [0, 0.05) is 6.20 Å². The number of azo groups is 1. The van der Waals surface area contributed by atoms with Gasteiger partial charge in [0.2, 0.25) is 0 Å². The second-order valence-corrected chi connectivity index (χ2v) is 3.24. The first-order valence-corrected chi connectivity index (χ1v) is 4.92. The molecule has 0 bridgehead atoms. The van der Waals surface area contributed by atoms with Crippen molar-refractivity contribution < 1.29 is 9.90 Å². The Balaban J connectivity index is 2.14. The van der Waals surface area contributed by atoms with E-state index in [1.807, 2.05) is 6.07 Å². The molecule has 1 heterocycles. The zero-order chi connectivity index (χ0) is 12.1. The number of carbonyl (C=O) groups is 1. The highest BCUT2D eigenvalue weighted by Gasteiger charge is 2.00. The van der Waals surface area contributed by atoms with Crippen molar-refractivity contribution in [3.63, 3.8) is 0 Å². The normalized spacial score (nSPS) is 10.6. The van der Waals surface area contributed by atoms with Crippen LogP contribution in [0.1, 0.15) is 10.4 Å². The molecule has 2 rings (SSSR count). The van der Waals surface area contributed by atoms with Crippen LogP contribution in [-0.2, 0) is 0 Å². The molecule has 1 aromatic heterocycles. The van der Waals surface area contributed by atoms with Gasteiger partial charge in [-0.25, -0.2) is 9.78 Å². The number of carboxylic acid groups (broad SMARTS) is 1. The summed E-state index contributed by atoms with van der Waals surface area (Å²) in [5, 5.41) is 16.6. The van der Waals surface area contributed by atoms with Gasteiger partial charge in [0.05, 0.1) is 11.3 Å². The van der Waals surface area contributed by atoms with Crippen LogP contribution in [0.15, 0.2) is 58.9 Å². The third-order valence-electron chi connectivity index (χ3n) is 2.03. The van der Waals surface area contributed by atoms with E-state index in [4.69, 9.17) is 5.11 Å². The number of hydrogen-bond acceptors (Lipinski definition) is 4. The van der Waals surface area contributed by atoms with E-state index in [0.29, 0.717) is 11.5 Å². The topological polar surface area (TPSA) is 74.9 Å². The minimum atomic E-state index is -0.960. The van der Waals surface area contributed by atoms with Crippen molar-refractivity contribution in [2.75, 3.05) is 0 Å². The highest BCUT2D eigenvalue weighted by molar-refractivity contribution is 5.87. The minimum absolute atomic E-state index is 0.224. The lowest BCUT2D eigenvalue weighted by atomic mass is 10.2. The summed E-state index contributed by atoms with van der Waals surface area (Å²) in [4.78, 5) is 14.6. The van der Waals surface area contributed by atoms with Crippen LogP contribution in [0.25, 0.3) is 0 Å². The van der Waals surface area contributed by atoms with E-state index in [9.17, 15) is 4.79 Å². The molecule has 1 N–H and O–H groups in total. The molecule has 0 saturated heterocycles. The van der Waals surface area contributed by atoms with Crippen LogP contribution in [0.3, 0.4) is 0 Å². The summed E-state index contributed by atoms with van der Waals surface area (Å²) in [5.74, 6) is -0.451. The monoisotopic (exact) mass is 227 g/mol. The van der Waals surface area contributed by atoms with Gasteiger partial charge in [-0.05, 0) is 36.4 Å². The van der Waals surface area contributed by atoms with Crippen LogP contribution in [-0.4, -0.2) is 16.1 Å². The van der Waals surface area contributed by atoms with Crippen molar-refractivity contribution in [3.05, 3.63) is 54.2 Å². The second kappa shape index (κ2) is 4.98. The Morgan fingerprint density at radius 3 is 2.41 bits per heavy atom. The standard InChI is InChI=1S/C12H9N3O2/c16-12(17)9-4-6-10(7-5-9)14-15-11-3-1-2-8-13-11/h1-8H,(H,16,17). The molecular weight excluding hydrogens is 218 g/mol. The molecule has 0 aliphatic heterocycles. The first-order chi connectivity index (χ1) is 8.25. The van der Waals surface area contributed by atoms with Crippen molar-refractivity contribution >= 4 is 17.5 Å². The van der Waals surface area contributed by atoms with E-state index in [-0.39, 0.29) is 5.56 Å². The molecule has 0 aliphatic carbocycles. The first kappa shape index (κ1) is 10.9. The summed E-state index contributed by atoms with van der Waals surface area (Å²) in [6, 6.07) is 11.5. The number of nitrogens with zero attached hydrogens (tertiary/aromatic N) is 3. The average molecular weight is 227 g/mol. The van der Waals surface area contributed by atoms with Crippen molar-refractivity contribution in [2.24, 2.45) is 10.2 Å². The van der Waals surface area contributed by atoms with E-state index >= 15 is 0 Å². The quantitative estimate of drug-likeness (QED) is 0.818. The van der Waals surface area contributed by atoms with Crippen molar-refractivity contribution in [3.8, 4) is 0 Å². The average Bonchev–Trinajstić information content (AvgIpc) is 2.38. The Hall–Kier alpha value is -2.56. The number of pyridine rings is 1. The molecule has 2 aromatic rings. The van der Waals surface area contributed by atoms with Crippen molar-refractivity contribution in [1.82, 2.24) is 4.98 Å². The van der Waals surface area contributed by atoms with Gasteiger partial charge in [-0.3, -0.25) is 0 Å². The molecular formula is C12H9N3O2. The summed E-state index contributed by atoms with van der Waals surface area (Å²) in [6.45, 7) is 0. The molecule has 0 saturated carbocycles. The Bertz CT molecular complexity index is 535. The largest absolute Gasteiger partial charge is 0.478 e. The molecule has 0 aliphatic rings. The number of rotatable bonds is 3. The van der Waals surface area contributed by atoms with Gasteiger partial charge in [-0.1, -0.05) is 6.07 Å². The van der Waals surface area contributed by atoms with Crippen LogP contribution in [0, 0.1) is 0 Å². The third kappa shape index (κ3) is 2.94. The molecule has 0 amide bonds. The second-order valence-electron chi connectivity index (χ2n) is 3.24. The molecule has 84 valence electrons. The van der Waals surface area contributed by atoms with E-state index in [0.717, 1.165) is 0 Å². The predicted molar refractivity (Wildman–Crippen MR) is 61.8 cm³/mol. The van der Waals surface area contributed by atoms with Gasteiger partial charge in [-0.2, -0.15) is 0 Å². The van der Waals surface area contributed by atoms with Gasteiger partial charge < -0.3 is 5.11 Å². The van der Waals surface area contributed by atoms with Gasteiger partial charge in [-0.15, -0.1) is 10.2 Å². The summed E-state index contributed by atoms with van der Waals surface area (Å²) in [6.07, 6.45) is 1.63. The lowest BCUT2D eigenvalue weighted by molar-refractivity contribution is 0.0697. The van der Waals surface area contributed by atoms with E-state index in [1.54, 1.807) is 30.5 Å². The zero-order valence-electron chi connectivity index (χ0n) is 8.82. The van der Waals surface area contributed by atoms with Gasteiger partial charge in [0.1, 0.15) is 0 Å². The van der Waals surface area contributed by atoms with Crippen LogP contribution >= 0.6 is 0 Å². The number of carboxylic acids is 1. The van der Waals surface area contributed by atoms with Crippen molar-refractivity contribution in [1.29, 1.82) is 0 Å². The van der Waals surface area contributed by atoms with Crippen LogP contribution < -0.4 is 0 Å². The Kier molecular flexibility index (Phi) is 3.20. The van der Waals surface area contributed by atoms with E-state index < -0.39 is 5.97 Å². The van der Waals surface area contributed by atoms with E-state index in [1.165, 1.54) is 12.1 Å². The van der Waals surface area contributed by atoms with Crippen LogP contribution in [0.4, 0.5) is 11.5 Å². The fourth-order valence-corrected chi connectivity index (χ4v) is 1.19. The minimum Gasteiger partial charge on any atom is -0.478 e. The highest BCUT2D eigenvalue weighted by Crippen LogP contribution is 2.16. The molecule has 5 heteroatoms. The van der Waals surface area contributed by atoms with Crippen LogP contribution in [0.2, 0.25) is 0 Å². The maximum Gasteiger partial charge on any atom is 0.335 e. The Labute approximate surface area is 97.5 Å². The number of benzene rings is 1. The molecule has 0 radical (unpaired) electrons. The Morgan fingerprint density at radius 2 is 1.82 bits per heavy atom. The summed E-state index contributed by atoms with van der Waals surface area (Å²) < 4.78 is 0. The highest BCUT2D eigenvalue weighted by atomic mass is 16.4. The molecule has 5 nitrogen and oxygen atoms in total. The number of aromatic nitrogens is 1. The molecule has 1 aromatic carbocycles. The summed E-state index contributed by atoms with van der Waals surface area (Å²) in [5.41, 5.74) is 0.808. The molecule has 17 heavy (non-hydrogen) atoms. The molecule has 0 fully saturated rings. The molecule has 0 atom stereocenters. The van der Waals surface area contributed by atoms with Gasteiger partial charge in [0.25, 0.3) is 0 Å². The SMILES string of the molecule is O=C(O)c1ccc(N=Nc2ccccn2)cc1. The maximum absolute atomic E-state index is 10.6. The van der Waals surface area contributed by atoms with Crippen LogP contribution in [0.5, 0.6) is 0 Å². The van der Waals surface area contributed by atoms with E-state index in [2.05, 4.69) is 15.2 Å². The smallest absolute Gasteiger partial charge is 0.335 e. The fraction of sp³-hybridized carbons (Fsp3) is 0. The summed E-state index contributed by atoms with van der Waals surface area (Å²) in [7, 11) is 0. The maximum atomic E-state index is 10.6. The number of aromatic carboxylic acids is 1. The lowest BCUT2D eigenvalue weighted by Crippen LogP contribution is -1.93. The lowest BCUT2D eigenvalue weighted by Gasteiger charge is -1.94. The molecule has 0 spiro atoms. The van der Waals surface area contributed by atoms with Crippen molar-refractivity contribution in [2.45, 2.75) is 0 Å². The molecule has 0 unspecified atom stereocenters. The third-order valence-corrected chi connectivity index (χ3v) is 2.03. The fourth-order valence-electron chi connectivity index (χ4n) is 1.19. The number of hydrogen-bond donors (Lipinski definition) is 1. The first-order valence-electron chi connectivity index (χ1n) is 4.92. The van der Waals surface area contributed by atoms with Gasteiger partial charge in [0.15, 0.2) is 5.82 Å². The van der Waals surface area contributed by atoms with Gasteiger partial charge >= 0.3 is 5.97 Å². The summed E-state index contributed by atoms with van der Waals surface area (Å²) >= 11 is 0.